The van der Waals surface area contributed by atoms with Gasteiger partial charge in [-0.05, 0) is 24.3 Å². The number of hydrogen-bond acceptors (Lipinski definition) is 8. The lowest BCUT2D eigenvalue weighted by atomic mass is 10.1. The molecule has 10 nitrogen and oxygen atoms in total. The summed E-state index contributed by atoms with van der Waals surface area (Å²) in [5, 5.41) is 16.8. The third kappa shape index (κ3) is 4.74. The van der Waals surface area contributed by atoms with Crippen LogP contribution in [0.25, 0.3) is 0 Å². The second-order valence-corrected chi connectivity index (χ2v) is 8.24. The number of nitrogens with one attached hydrogen (secondary N) is 2. The van der Waals surface area contributed by atoms with Gasteiger partial charge in [0.2, 0.25) is 0 Å². The van der Waals surface area contributed by atoms with E-state index >= 15 is 0 Å². The van der Waals surface area contributed by atoms with Gasteiger partial charge < -0.3 is 20.1 Å². The van der Waals surface area contributed by atoms with Crippen molar-refractivity contribution in [3.05, 3.63) is 52.1 Å². The molecule has 0 unspecified atom stereocenters. The second-order valence-electron chi connectivity index (χ2n) is 6.22. The Morgan fingerprint density at radius 3 is 2.66 bits per heavy atom. The van der Waals surface area contributed by atoms with Crippen LogP contribution in [0.4, 0.5) is 11.4 Å². The van der Waals surface area contributed by atoms with E-state index in [9.17, 15) is 23.3 Å². The molecule has 0 saturated heterocycles. The van der Waals surface area contributed by atoms with Crippen LogP contribution in [-0.2, 0) is 9.84 Å². The van der Waals surface area contributed by atoms with Gasteiger partial charge >= 0.3 is 0 Å². The highest BCUT2D eigenvalue weighted by molar-refractivity contribution is 7.90. The van der Waals surface area contributed by atoms with Crippen LogP contribution in [0, 0.1) is 10.1 Å². The fraction of sp³-hybridized carbons (Fsp3) is 0.278. The molecule has 0 aromatic heterocycles. The molecule has 0 aliphatic carbocycles. The van der Waals surface area contributed by atoms with E-state index in [-0.39, 0.29) is 35.3 Å². The SMILES string of the molecule is CS(=O)(=O)c1ccc(NCCNC(=O)c2cccc3c2OCCO3)c([N+](=O)[O-])c1. The number of fused-ring (bicyclic) bond motifs is 1. The number of nitro benzene ring substituents is 1. The fourth-order valence-electron chi connectivity index (χ4n) is 2.76. The Morgan fingerprint density at radius 1 is 1.17 bits per heavy atom. The lowest BCUT2D eigenvalue weighted by Crippen LogP contribution is -2.30. The number of nitro groups is 1. The van der Waals surface area contributed by atoms with Gasteiger partial charge in [-0.25, -0.2) is 8.42 Å². The van der Waals surface area contributed by atoms with E-state index in [2.05, 4.69) is 10.6 Å². The molecular weight excluding hydrogens is 402 g/mol. The van der Waals surface area contributed by atoms with E-state index in [0.29, 0.717) is 30.3 Å². The topological polar surface area (TPSA) is 137 Å². The molecule has 29 heavy (non-hydrogen) atoms. The Labute approximate surface area is 166 Å². The van der Waals surface area contributed by atoms with Crippen LogP contribution in [0.1, 0.15) is 10.4 Å². The summed E-state index contributed by atoms with van der Waals surface area (Å²) in [5.41, 5.74) is 0.137. The molecule has 1 heterocycles. The van der Waals surface area contributed by atoms with Crippen LogP contribution in [0.2, 0.25) is 0 Å². The highest BCUT2D eigenvalue weighted by Crippen LogP contribution is 2.33. The molecule has 154 valence electrons. The van der Waals surface area contributed by atoms with Gasteiger partial charge in [0.05, 0.1) is 15.4 Å². The van der Waals surface area contributed by atoms with Gasteiger partial charge in [0.25, 0.3) is 11.6 Å². The number of carbonyl (C=O) groups excluding carboxylic acids is 1. The maximum Gasteiger partial charge on any atom is 0.293 e. The highest BCUT2D eigenvalue weighted by atomic mass is 32.2. The molecule has 1 amide bonds. The molecule has 2 aromatic rings. The number of para-hydroxylation sites is 1. The highest BCUT2D eigenvalue weighted by Gasteiger charge is 2.21. The molecule has 3 rings (SSSR count). The summed E-state index contributed by atoms with van der Waals surface area (Å²) in [6.45, 7) is 1.14. The molecule has 1 aliphatic rings. The van der Waals surface area contributed by atoms with Gasteiger partial charge in [0.1, 0.15) is 18.9 Å². The van der Waals surface area contributed by atoms with Gasteiger partial charge in [-0.1, -0.05) is 6.07 Å². The van der Waals surface area contributed by atoms with Crippen molar-refractivity contribution < 1.29 is 27.6 Å². The maximum atomic E-state index is 12.4. The summed E-state index contributed by atoms with van der Waals surface area (Å²) in [6.07, 6.45) is 0.978. The van der Waals surface area contributed by atoms with Gasteiger partial charge in [-0.2, -0.15) is 0 Å². The monoisotopic (exact) mass is 421 g/mol. The molecule has 0 fully saturated rings. The molecule has 0 radical (unpaired) electrons. The van der Waals surface area contributed by atoms with Crippen molar-refractivity contribution in [2.24, 2.45) is 0 Å². The number of ether oxygens (including phenoxy) is 2. The first-order valence-electron chi connectivity index (χ1n) is 8.66. The van der Waals surface area contributed by atoms with Crippen LogP contribution in [0.3, 0.4) is 0 Å². The van der Waals surface area contributed by atoms with E-state index in [1.54, 1.807) is 18.2 Å². The number of anilines is 1. The molecule has 2 aromatic carbocycles. The van der Waals surface area contributed by atoms with Crippen molar-refractivity contribution in [3.63, 3.8) is 0 Å². The number of rotatable bonds is 7. The van der Waals surface area contributed by atoms with E-state index in [1.807, 2.05) is 0 Å². The zero-order chi connectivity index (χ0) is 21.0. The van der Waals surface area contributed by atoms with Crippen LogP contribution < -0.4 is 20.1 Å². The predicted octanol–water partition coefficient (Wildman–Crippen LogP) is 1.61. The van der Waals surface area contributed by atoms with Gasteiger partial charge in [-0.3, -0.25) is 14.9 Å². The molecule has 0 bridgehead atoms. The minimum Gasteiger partial charge on any atom is -0.486 e. The van der Waals surface area contributed by atoms with Crippen LogP contribution in [-0.4, -0.2) is 51.8 Å². The molecule has 1 aliphatic heterocycles. The van der Waals surface area contributed by atoms with Gasteiger partial charge in [-0.15, -0.1) is 0 Å². The van der Waals surface area contributed by atoms with Crippen molar-refractivity contribution >= 4 is 27.1 Å². The average Bonchev–Trinajstić information content (AvgIpc) is 2.69. The van der Waals surface area contributed by atoms with Crippen molar-refractivity contribution in [1.82, 2.24) is 5.32 Å². The fourth-order valence-corrected chi connectivity index (χ4v) is 3.40. The Bertz CT molecular complexity index is 1050. The molecule has 0 spiro atoms. The number of hydrogen-bond donors (Lipinski definition) is 2. The molecule has 0 atom stereocenters. The first-order valence-corrected chi connectivity index (χ1v) is 10.6. The number of sulfone groups is 1. The second kappa shape index (κ2) is 8.35. The summed E-state index contributed by atoms with van der Waals surface area (Å²) < 4.78 is 34.1. The lowest BCUT2D eigenvalue weighted by Gasteiger charge is -2.20. The predicted molar refractivity (Wildman–Crippen MR) is 104 cm³/mol. The van der Waals surface area contributed by atoms with E-state index in [4.69, 9.17) is 9.47 Å². The Kier molecular flexibility index (Phi) is 5.87. The van der Waals surface area contributed by atoms with Gasteiger partial charge in [0.15, 0.2) is 21.3 Å². The Hall–Kier alpha value is -3.34. The zero-order valence-electron chi connectivity index (χ0n) is 15.5. The van der Waals surface area contributed by atoms with E-state index in [0.717, 1.165) is 12.3 Å². The normalized spacial score (nSPS) is 12.9. The number of carbonyl (C=O) groups is 1. The van der Waals surface area contributed by atoms with E-state index < -0.39 is 14.8 Å². The first-order chi connectivity index (χ1) is 13.8. The van der Waals surface area contributed by atoms with Gasteiger partial charge in [0, 0.05) is 25.4 Å². The first kappa shape index (κ1) is 20.4. The van der Waals surface area contributed by atoms with E-state index in [1.165, 1.54) is 12.1 Å². The van der Waals surface area contributed by atoms with Crippen LogP contribution >= 0.6 is 0 Å². The number of amides is 1. The quantitative estimate of drug-likeness (QED) is 0.391. The third-order valence-corrected chi connectivity index (χ3v) is 5.24. The molecule has 2 N–H and O–H groups in total. The lowest BCUT2D eigenvalue weighted by molar-refractivity contribution is -0.384. The maximum absolute atomic E-state index is 12.4. The largest absolute Gasteiger partial charge is 0.486 e. The summed E-state index contributed by atoms with van der Waals surface area (Å²) >= 11 is 0. The average molecular weight is 421 g/mol. The summed E-state index contributed by atoms with van der Waals surface area (Å²) in [4.78, 5) is 22.8. The molecular formula is C18H19N3O7S. The number of nitrogens with zero attached hydrogens (tertiary/aromatic N) is 1. The minimum absolute atomic E-state index is 0.140. The summed E-state index contributed by atoms with van der Waals surface area (Å²) in [6, 6.07) is 8.64. The van der Waals surface area contributed by atoms with Crippen LogP contribution in [0.5, 0.6) is 11.5 Å². The summed E-state index contributed by atoms with van der Waals surface area (Å²) in [7, 11) is -3.56. The minimum atomic E-state index is -3.56. The van der Waals surface area contributed by atoms with Crippen LogP contribution in [0.15, 0.2) is 41.3 Å². The van der Waals surface area contributed by atoms with Crippen molar-refractivity contribution in [1.29, 1.82) is 0 Å². The van der Waals surface area contributed by atoms with Crippen molar-refractivity contribution in [2.45, 2.75) is 4.90 Å². The molecule has 11 heteroatoms. The summed E-state index contributed by atoms with van der Waals surface area (Å²) in [5.74, 6) is 0.524. The van der Waals surface area contributed by atoms with Crippen molar-refractivity contribution in [3.8, 4) is 11.5 Å². The third-order valence-electron chi connectivity index (χ3n) is 4.13. The zero-order valence-corrected chi connectivity index (χ0v) is 16.3. The Balaban J connectivity index is 1.62. The standard InChI is InChI=1S/C18H19N3O7S/c1-29(25,26)12-5-6-14(15(11-12)21(23)24)19-7-8-20-18(22)13-3-2-4-16-17(13)28-10-9-27-16/h2-6,11,19H,7-10H2,1H3,(H,20,22). The smallest absolute Gasteiger partial charge is 0.293 e. The number of benzene rings is 2. The van der Waals surface area contributed by atoms with Crippen molar-refractivity contribution in [2.75, 3.05) is 37.9 Å². The molecule has 0 saturated carbocycles. The Morgan fingerprint density at radius 2 is 1.93 bits per heavy atom.